The smallest absolute Gasteiger partial charge is 0.243 e. The molecule has 2 fully saturated rings. The molecule has 0 radical (unpaired) electrons. The van der Waals surface area contributed by atoms with Gasteiger partial charge in [-0.05, 0) is 41.1 Å². The minimum Gasteiger partial charge on any atom is -0.335 e. The van der Waals surface area contributed by atoms with Crippen LogP contribution in [0.25, 0.3) is 0 Å². The standard InChI is InChI=1S/C13H19BrN4O2/c1-7-5-8-3-4-9(12-15-6-10(14)16-12)18(8)13(19)11(7)17-20-2/h6-9,11,17H,3-5H2,1-2H3,(H,15,16)/t7?,8-,9+,11+/m1/s1. The third-order valence-corrected chi connectivity index (χ3v) is 4.76. The van der Waals surface area contributed by atoms with E-state index in [-0.39, 0.29) is 23.9 Å². The second-order valence-electron chi connectivity index (χ2n) is 5.62. The molecule has 0 saturated carbocycles. The molecule has 110 valence electrons. The normalized spacial score (nSPS) is 33.5. The number of carbonyl (C=O) groups excluding carboxylic acids is 1. The third kappa shape index (κ3) is 2.27. The fraction of sp³-hybridized carbons (Fsp3) is 0.692. The Morgan fingerprint density at radius 3 is 3.00 bits per heavy atom. The van der Waals surface area contributed by atoms with Crippen LogP contribution >= 0.6 is 15.9 Å². The first-order chi connectivity index (χ1) is 9.61. The number of hydroxylamine groups is 1. The average molecular weight is 343 g/mol. The van der Waals surface area contributed by atoms with Crippen molar-refractivity contribution in [1.82, 2.24) is 20.3 Å². The van der Waals surface area contributed by atoms with E-state index in [1.54, 1.807) is 13.3 Å². The Labute approximate surface area is 126 Å². The van der Waals surface area contributed by atoms with Crippen molar-refractivity contribution in [3.63, 3.8) is 0 Å². The van der Waals surface area contributed by atoms with Crippen LogP contribution in [0.3, 0.4) is 0 Å². The van der Waals surface area contributed by atoms with E-state index in [1.807, 2.05) is 4.90 Å². The number of nitrogens with one attached hydrogen (secondary N) is 2. The van der Waals surface area contributed by atoms with Gasteiger partial charge in [0.15, 0.2) is 0 Å². The minimum absolute atomic E-state index is 0.0486. The second-order valence-corrected chi connectivity index (χ2v) is 6.48. The van der Waals surface area contributed by atoms with Crippen molar-refractivity contribution in [2.75, 3.05) is 7.11 Å². The van der Waals surface area contributed by atoms with Crippen molar-refractivity contribution in [3.8, 4) is 0 Å². The van der Waals surface area contributed by atoms with Gasteiger partial charge in [-0.3, -0.25) is 4.79 Å². The van der Waals surface area contributed by atoms with E-state index in [9.17, 15) is 4.79 Å². The van der Waals surface area contributed by atoms with Crippen LogP contribution in [-0.4, -0.2) is 40.0 Å². The van der Waals surface area contributed by atoms with Crippen molar-refractivity contribution in [1.29, 1.82) is 0 Å². The van der Waals surface area contributed by atoms with E-state index in [1.165, 1.54) is 0 Å². The summed E-state index contributed by atoms with van der Waals surface area (Å²) in [7, 11) is 1.55. The first-order valence-corrected chi connectivity index (χ1v) is 7.72. The van der Waals surface area contributed by atoms with Gasteiger partial charge in [0.05, 0.1) is 19.3 Å². The summed E-state index contributed by atoms with van der Waals surface area (Å²) in [5.41, 5.74) is 2.84. The number of hydrogen-bond acceptors (Lipinski definition) is 4. The van der Waals surface area contributed by atoms with E-state index in [4.69, 9.17) is 4.84 Å². The van der Waals surface area contributed by atoms with E-state index < -0.39 is 0 Å². The summed E-state index contributed by atoms with van der Waals surface area (Å²) in [4.78, 5) is 27.3. The van der Waals surface area contributed by atoms with Gasteiger partial charge in [-0.1, -0.05) is 6.92 Å². The summed E-state index contributed by atoms with van der Waals surface area (Å²) >= 11 is 3.37. The summed E-state index contributed by atoms with van der Waals surface area (Å²) in [6.45, 7) is 2.10. The van der Waals surface area contributed by atoms with Gasteiger partial charge in [-0.2, -0.15) is 5.48 Å². The molecule has 2 aliphatic rings. The zero-order valence-electron chi connectivity index (χ0n) is 11.6. The molecule has 3 rings (SSSR count). The molecule has 0 aliphatic carbocycles. The van der Waals surface area contributed by atoms with Crippen molar-refractivity contribution < 1.29 is 9.63 Å². The Morgan fingerprint density at radius 1 is 1.55 bits per heavy atom. The van der Waals surface area contributed by atoms with Crippen LogP contribution in [-0.2, 0) is 9.63 Å². The maximum Gasteiger partial charge on any atom is 0.243 e. The Hall–Kier alpha value is -0.920. The lowest BCUT2D eigenvalue weighted by atomic mass is 9.88. The minimum atomic E-state index is -0.268. The Balaban J connectivity index is 1.85. The molecule has 1 unspecified atom stereocenters. The van der Waals surface area contributed by atoms with Crippen molar-refractivity contribution in [2.24, 2.45) is 5.92 Å². The lowest BCUT2D eigenvalue weighted by molar-refractivity contribution is -0.147. The fourth-order valence-electron chi connectivity index (χ4n) is 3.46. The lowest BCUT2D eigenvalue weighted by Gasteiger charge is -2.40. The molecule has 1 amide bonds. The molecule has 2 saturated heterocycles. The summed E-state index contributed by atoms with van der Waals surface area (Å²) < 4.78 is 0.848. The van der Waals surface area contributed by atoms with Crippen LogP contribution in [0.4, 0.5) is 0 Å². The number of H-pyrrole nitrogens is 1. The van der Waals surface area contributed by atoms with Gasteiger partial charge in [0, 0.05) is 6.04 Å². The van der Waals surface area contributed by atoms with Gasteiger partial charge in [0.2, 0.25) is 5.91 Å². The molecule has 0 bridgehead atoms. The Kier molecular flexibility index (Phi) is 3.83. The topological polar surface area (TPSA) is 70.2 Å². The molecular formula is C13H19BrN4O2. The van der Waals surface area contributed by atoms with Crippen LogP contribution in [0, 0.1) is 5.92 Å². The Bertz CT molecular complexity index is 506. The zero-order valence-corrected chi connectivity index (χ0v) is 13.2. The molecule has 7 heteroatoms. The lowest BCUT2D eigenvalue weighted by Crippen LogP contribution is -2.56. The van der Waals surface area contributed by atoms with E-state index in [0.717, 1.165) is 29.7 Å². The highest BCUT2D eigenvalue weighted by Gasteiger charge is 2.47. The number of piperidine rings is 1. The Morgan fingerprint density at radius 2 is 2.35 bits per heavy atom. The molecule has 4 atom stereocenters. The number of hydrogen-bond donors (Lipinski definition) is 2. The number of carbonyl (C=O) groups is 1. The number of halogens is 1. The van der Waals surface area contributed by atoms with Gasteiger partial charge < -0.3 is 14.7 Å². The SMILES string of the molecule is CON[C@@H]1C(=O)N2[C@H](CC[C@H]2c2ncc(Br)[nH]2)CC1C. The highest BCUT2D eigenvalue weighted by atomic mass is 79.9. The number of rotatable bonds is 3. The first kappa shape index (κ1) is 14.0. The third-order valence-electron chi connectivity index (χ3n) is 4.36. The maximum absolute atomic E-state index is 12.7. The van der Waals surface area contributed by atoms with Gasteiger partial charge in [-0.25, -0.2) is 4.98 Å². The number of aromatic nitrogens is 2. The monoisotopic (exact) mass is 342 g/mol. The molecule has 2 aliphatic heterocycles. The maximum atomic E-state index is 12.7. The van der Waals surface area contributed by atoms with Crippen LogP contribution in [0.15, 0.2) is 10.8 Å². The van der Waals surface area contributed by atoms with E-state index in [2.05, 4.69) is 38.3 Å². The second kappa shape index (κ2) is 5.46. The predicted molar refractivity (Wildman–Crippen MR) is 76.6 cm³/mol. The molecule has 20 heavy (non-hydrogen) atoms. The van der Waals surface area contributed by atoms with Crippen LogP contribution < -0.4 is 5.48 Å². The van der Waals surface area contributed by atoms with Gasteiger partial charge in [-0.15, -0.1) is 0 Å². The predicted octanol–water partition coefficient (Wildman–Crippen LogP) is 1.76. The van der Waals surface area contributed by atoms with Crippen molar-refractivity contribution >= 4 is 21.8 Å². The first-order valence-electron chi connectivity index (χ1n) is 6.93. The van der Waals surface area contributed by atoms with Gasteiger partial charge in [0.25, 0.3) is 0 Å². The summed E-state index contributed by atoms with van der Waals surface area (Å²) in [5.74, 6) is 1.26. The summed E-state index contributed by atoms with van der Waals surface area (Å²) in [5, 5.41) is 0. The molecule has 2 N–H and O–H groups in total. The van der Waals surface area contributed by atoms with Crippen molar-refractivity contribution in [2.45, 2.75) is 44.3 Å². The molecular weight excluding hydrogens is 324 g/mol. The van der Waals surface area contributed by atoms with Crippen LogP contribution in [0.2, 0.25) is 0 Å². The van der Waals surface area contributed by atoms with Crippen molar-refractivity contribution in [3.05, 3.63) is 16.6 Å². The molecule has 6 nitrogen and oxygen atoms in total. The highest BCUT2D eigenvalue weighted by Crippen LogP contribution is 2.41. The zero-order chi connectivity index (χ0) is 14.3. The summed E-state index contributed by atoms with van der Waals surface area (Å²) in [6, 6.07) is 0.101. The largest absolute Gasteiger partial charge is 0.335 e. The molecule has 1 aromatic heterocycles. The van der Waals surface area contributed by atoms with Gasteiger partial charge in [0.1, 0.15) is 16.5 Å². The summed E-state index contributed by atoms with van der Waals surface area (Å²) in [6.07, 6.45) is 4.75. The van der Waals surface area contributed by atoms with E-state index in [0.29, 0.717) is 6.04 Å². The molecule has 0 spiro atoms. The molecule has 0 aromatic carbocycles. The van der Waals surface area contributed by atoms with Gasteiger partial charge >= 0.3 is 0 Å². The average Bonchev–Trinajstić information content (AvgIpc) is 3.00. The highest BCUT2D eigenvalue weighted by molar-refractivity contribution is 9.10. The number of nitrogens with zero attached hydrogens (tertiary/aromatic N) is 2. The number of aromatic amines is 1. The van der Waals surface area contributed by atoms with E-state index >= 15 is 0 Å². The number of imidazole rings is 1. The number of amides is 1. The quantitative estimate of drug-likeness (QED) is 0.821. The number of fused-ring (bicyclic) bond motifs is 1. The fourth-order valence-corrected chi connectivity index (χ4v) is 3.77. The molecule has 1 aromatic rings. The van der Waals surface area contributed by atoms with Crippen LogP contribution in [0.1, 0.15) is 38.1 Å². The molecule has 3 heterocycles. The van der Waals surface area contributed by atoms with Crippen LogP contribution in [0.5, 0.6) is 0 Å².